The molecule has 0 aliphatic heterocycles. The second kappa shape index (κ2) is 6.10. The van der Waals surface area contributed by atoms with E-state index in [4.69, 9.17) is 16.2 Å². The van der Waals surface area contributed by atoms with Gasteiger partial charge in [0.1, 0.15) is 0 Å². The van der Waals surface area contributed by atoms with Crippen molar-refractivity contribution in [3.8, 4) is 0 Å². The Morgan fingerprint density at radius 2 is 1.94 bits per heavy atom. The minimum absolute atomic E-state index is 0.174. The van der Waals surface area contributed by atoms with Crippen LogP contribution in [-0.2, 0) is 4.74 Å². The molecular formula is C12H19N3O2. The molecule has 0 spiro atoms. The number of methoxy groups -OCH3 is 1. The van der Waals surface area contributed by atoms with Gasteiger partial charge in [0, 0.05) is 30.6 Å². The van der Waals surface area contributed by atoms with E-state index in [1.807, 2.05) is 6.92 Å². The first-order valence-corrected chi connectivity index (χ1v) is 5.46. The predicted molar refractivity (Wildman–Crippen MR) is 68.6 cm³/mol. The van der Waals surface area contributed by atoms with Crippen molar-refractivity contribution in [3.05, 3.63) is 23.8 Å². The van der Waals surface area contributed by atoms with Gasteiger partial charge in [0.05, 0.1) is 6.61 Å². The molecule has 0 saturated heterocycles. The lowest BCUT2D eigenvalue weighted by molar-refractivity contribution is 0.0934. The van der Waals surface area contributed by atoms with E-state index in [2.05, 4.69) is 5.32 Å². The fourth-order valence-electron chi connectivity index (χ4n) is 1.52. The second-order valence-electron chi connectivity index (χ2n) is 4.16. The molecular weight excluding hydrogens is 218 g/mol. The van der Waals surface area contributed by atoms with Gasteiger partial charge in [0.25, 0.3) is 5.91 Å². The van der Waals surface area contributed by atoms with Crippen LogP contribution in [0, 0.1) is 5.92 Å². The van der Waals surface area contributed by atoms with Gasteiger partial charge < -0.3 is 21.5 Å². The van der Waals surface area contributed by atoms with Gasteiger partial charge >= 0.3 is 0 Å². The smallest absolute Gasteiger partial charge is 0.251 e. The Kier molecular flexibility index (Phi) is 4.78. The maximum atomic E-state index is 11.8. The summed E-state index contributed by atoms with van der Waals surface area (Å²) in [6, 6.07) is 4.82. The van der Waals surface area contributed by atoms with Crippen molar-refractivity contribution < 1.29 is 9.53 Å². The normalized spacial score (nSPS) is 12.1. The van der Waals surface area contributed by atoms with Crippen molar-refractivity contribution in [2.45, 2.75) is 6.92 Å². The van der Waals surface area contributed by atoms with Crippen LogP contribution in [0.3, 0.4) is 0 Å². The summed E-state index contributed by atoms with van der Waals surface area (Å²) in [5.74, 6) is 0.0920. The molecule has 0 aromatic heterocycles. The molecule has 1 unspecified atom stereocenters. The first-order chi connectivity index (χ1) is 8.02. The molecule has 0 saturated carbocycles. The number of carbonyl (C=O) groups excluding carboxylic acids is 1. The second-order valence-corrected chi connectivity index (χ2v) is 4.16. The molecule has 1 aromatic rings. The number of carbonyl (C=O) groups is 1. The Morgan fingerprint density at radius 1 is 1.35 bits per heavy atom. The van der Waals surface area contributed by atoms with Crippen LogP contribution >= 0.6 is 0 Å². The fourth-order valence-corrected chi connectivity index (χ4v) is 1.52. The van der Waals surface area contributed by atoms with Crippen molar-refractivity contribution in [1.29, 1.82) is 0 Å². The first kappa shape index (κ1) is 13.3. The topological polar surface area (TPSA) is 90.4 Å². The molecule has 5 nitrogen and oxygen atoms in total. The quantitative estimate of drug-likeness (QED) is 0.662. The first-order valence-electron chi connectivity index (χ1n) is 5.46. The third kappa shape index (κ3) is 4.32. The molecule has 0 aliphatic rings. The number of benzene rings is 1. The molecule has 1 amide bonds. The van der Waals surface area contributed by atoms with Gasteiger partial charge in [-0.05, 0) is 24.1 Å². The number of anilines is 2. The third-order valence-corrected chi connectivity index (χ3v) is 2.30. The lowest BCUT2D eigenvalue weighted by atomic mass is 10.1. The molecule has 1 atom stereocenters. The highest BCUT2D eigenvalue weighted by atomic mass is 16.5. The van der Waals surface area contributed by atoms with E-state index in [9.17, 15) is 4.79 Å². The Hall–Kier alpha value is -1.75. The van der Waals surface area contributed by atoms with Gasteiger partial charge in [-0.25, -0.2) is 0 Å². The number of nitrogen functional groups attached to an aromatic ring is 2. The van der Waals surface area contributed by atoms with Crippen LogP contribution in [0.1, 0.15) is 17.3 Å². The molecule has 5 heteroatoms. The average Bonchev–Trinajstić information content (AvgIpc) is 2.25. The zero-order chi connectivity index (χ0) is 12.8. The van der Waals surface area contributed by atoms with Gasteiger partial charge in [0.2, 0.25) is 0 Å². The van der Waals surface area contributed by atoms with Crippen LogP contribution in [0.4, 0.5) is 11.4 Å². The summed E-state index contributed by atoms with van der Waals surface area (Å²) < 4.78 is 4.99. The maximum absolute atomic E-state index is 11.8. The number of nitrogens with two attached hydrogens (primary N) is 2. The van der Waals surface area contributed by atoms with Crippen molar-refractivity contribution in [3.63, 3.8) is 0 Å². The zero-order valence-electron chi connectivity index (χ0n) is 10.2. The predicted octanol–water partition coefficient (Wildman–Crippen LogP) is 0.863. The highest BCUT2D eigenvalue weighted by molar-refractivity contribution is 5.96. The van der Waals surface area contributed by atoms with E-state index in [0.29, 0.717) is 30.1 Å². The number of rotatable bonds is 5. The van der Waals surface area contributed by atoms with E-state index in [1.54, 1.807) is 25.3 Å². The average molecular weight is 237 g/mol. The van der Waals surface area contributed by atoms with E-state index in [1.165, 1.54) is 0 Å². The molecule has 94 valence electrons. The number of amides is 1. The summed E-state index contributed by atoms with van der Waals surface area (Å²) in [7, 11) is 1.64. The minimum atomic E-state index is -0.174. The summed E-state index contributed by atoms with van der Waals surface area (Å²) in [5, 5.41) is 2.81. The van der Waals surface area contributed by atoms with Gasteiger partial charge in [-0.15, -0.1) is 0 Å². The third-order valence-electron chi connectivity index (χ3n) is 2.30. The summed E-state index contributed by atoms with van der Waals surface area (Å²) in [4.78, 5) is 11.8. The molecule has 0 heterocycles. The molecule has 1 aromatic carbocycles. The van der Waals surface area contributed by atoms with E-state index >= 15 is 0 Å². The molecule has 5 N–H and O–H groups in total. The van der Waals surface area contributed by atoms with Crippen LogP contribution in [0.5, 0.6) is 0 Å². The number of hydrogen-bond donors (Lipinski definition) is 3. The highest BCUT2D eigenvalue weighted by Crippen LogP contribution is 2.13. The minimum Gasteiger partial charge on any atom is -0.399 e. The highest BCUT2D eigenvalue weighted by Gasteiger charge is 2.08. The number of ether oxygens (including phenoxy) is 1. The molecule has 0 radical (unpaired) electrons. The molecule has 0 aliphatic carbocycles. The van der Waals surface area contributed by atoms with E-state index < -0.39 is 0 Å². The lowest BCUT2D eigenvalue weighted by Crippen LogP contribution is -2.30. The van der Waals surface area contributed by atoms with Crippen molar-refractivity contribution in [2.24, 2.45) is 5.92 Å². The van der Waals surface area contributed by atoms with Crippen molar-refractivity contribution >= 4 is 17.3 Å². The van der Waals surface area contributed by atoms with Crippen LogP contribution < -0.4 is 16.8 Å². The van der Waals surface area contributed by atoms with Gasteiger partial charge in [-0.1, -0.05) is 6.92 Å². The van der Waals surface area contributed by atoms with Crippen molar-refractivity contribution in [1.82, 2.24) is 5.32 Å². The zero-order valence-corrected chi connectivity index (χ0v) is 10.2. The van der Waals surface area contributed by atoms with Gasteiger partial charge in [-0.2, -0.15) is 0 Å². The SMILES string of the molecule is COCC(C)CNC(=O)c1cc(N)cc(N)c1. The summed E-state index contributed by atoms with van der Waals surface area (Å²) in [5.41, 5.74) is 12.7. The van der Waals surface area contributed by atoms with Crippen LogP contribution in [-0.4, -0.2) is 26.2 Å². The number of nitrogens with one attached hydrogen (secondary N) is 1. The maximum Gasteiger partial charge on any atom is 0.251 e. The van der Waals surface area contributed by atoms with Crippen molar-refractivity contribution in [2.75, 3.05) is 31.7 Å². The van der Waals surface area contributed by atoms with Crippen LogP contribution in [0.15, 0.2) is 18.2 Å². The molecule has 0 bridgehead atoms. The van der Waals surface area contributed by atoms with Crippen LogP contribution in [0.2, 0.25) is 0 Å². The molecule has 0 fully saturated rings. The molecule has 1 rings (SSSR count). The Morgan fingerprint density at radius 3 is 2.47 bits per heavy atom. The van der Waals surface area contributed by atoms with E-state index in [-0.39, 0.29) is 11.8 Å². The summed E-state index contributed by atoms with van der Waals surface area (Å²) in [6.45, 7) is 3.16. The summed E-state index contributed by atoms with van der Waals surface area (Å²) in [6.07, 6.45) is 0. The van der Waals surface area contributed by atoms with E-state index in [0.717, 1.165) is 0 Å². The molecule has 17 heavy (non-hydrogen) atoms. The Balaban J connectivity index is 2.58. The standard InChI is InChI=1S/C12H19N3O2/c1-8(7-17-2)6-15-12(16)9-3-10(13)5-11(14)4-9/h3-5,8H,6-7,13-14H2,1-2H3,(H,15,16). The van der Waals surface area contributed by atoms with Gasteiger partial charge in [-0.3, -0.25) is 4.79 Å². The fraction of sp³-hybridized carbons (Fsp3) is 0.417. The monoisotopic (exact) mass is 237 g/mol. The largest absolute Gasteiger partial charge is 0.399 e. The Bertz CT molecular complexity index is 373. The van der Waals surface area contributed by atoms with Crippen LogP contribution in [0.25, 0.3) is 0 Å². The number of hydrogen-bond acceptors (Lipinski definition) is 4. The Labute approximate surface area is 101 Å². The summed E-state index contributed by atoms with van der Waals surface area (Å²) >= 11 is 0. The lowest BCUT2D eigenvalue weighted by Gasteiger charge is -2.12. The van der Waals surface area contributed by atoms with Gasteiger partial charge in [0.15, 0.2) is 0 Å².